The molecule has 0 heterocycles. The topological polar surface area (TPSA) is 26.3 Å². The molecule has 3 fully saturated rings. The van der Waals surface area contributed by atoms with Gasteiger partial charge in [-0.05, 0) is 74.0 Å². The minimum atomic E-state index is -0.0545. The van der Waals surface area contributed by atoms with E-state index in [0.29, 0.717) is 6.42 Å². The lowest BCUT2D eigenvalue weighted by molar-refractivity contribution is -0.140. The number of hydrogen-bond acceptors (Lipinski definition) is 2. The summed E-state index contributed by atoms with van der Waals surface area (Å²) in [5.74, 6) is 6.60. The van der Waals surface area contributed by atoms with Crippen molar-refractivity contribution >= 4 is 5.97 Å². The molecule has 3 aliphatic rings. The van der Waals surface area contributed by atoms with Crippen LogP contribution in [0.1, 0.15) is 90.4 Å². The van der Waals surface area contributed by atoms with Gasteiger partial charge in [0.1, 0.15) is 0 Å². The Morgan fingerprint density at radius 2 is 1.33 bits per heavy atom. The van der Waals surface area contributed by atoms with Crippen LogP contribution in [0.5, 0.6) is 0 Å². The normalized spacial score (nSPS) is 36.4. The maximum absolute atomic E-state index is 11.0. The van der Waals surface area contributed by atoms with E-state index < -0.39 is 0 Å². The second-order valence-corrected chi connectivity index (χ2v) is 9.03. The zero-order chi connectivity index (χ0) is 16.9. The van der Waals surface area contributed by atoms with Gasteiger partial charge in [-0.3, -0.25) is 4.79 Å². The largest absolute Gasteiger partial charge is 0.469 e. The summed E-state index contributed by atoms with van der Waals surface area (Å²) < 4.78 is 4.67. The fraction of sp³-hybridized carbons (Fsp3) is 0.955. The zero-order valence-corrected chi connectivity index (χ0v) is 16.0. The van der Waals surface area contributed by atoms with E-state index in [9.17, 15) is 4.79 Å². The molecule has 0 unspecified atom stereocenters. The molecule has 0 saturated heterocycles. The summed E-state index contributed by atoms with van der Waals surface area (Å²) in [4.78, 5) is 11.0. The number of unbranched alkanes of at least 4 members (excludes halogenated alkanes) is 4. The van der Waals surface area contributed by atoms with Crippen LogP contribution >= 0.6 is 0 Å². The zero-order valence-electron chi connectivity index (χ0n) is 16.0. The van der Waals surface area contributed by atoms with Crippen molar-refractivity contribution in [1.82, 2.24) is 0 Å². The van der Waals surface area contributed by atoms with Gasteiger partial charge < -0.3 is 4.74 Å². The number of hydrogen-bond donors (Lipinski definition) is 0. The van der Waals surface area contributed by atoms with Gasteiger partial charge in [0.25, 0.3) is 0 Å². The van der Waals surface area contributed by atoms with E-state index in [4.69, 9.17) is 0 Å². The van der Waals surface area contributed by atoms with E-state index in [1.807, 2.05) is 0 Å². The summed E-state index contributed by atoms with van der Waals surface area (Å²) in [5.41, 5.74) is 0. The molecule has 0 aromatic rings. The smallest absolute Gasteiger partial charge is 0.305 e. The molecule has 0 aromatic heterocycles. The van der Waals surface area contributed by atoms with Crippen molar-refractivity contribution < 1.29 is 9.53 Å². The average molecular weight is 335 g/mol. The Hall–Kier alpha value is -0.530. The van der Waals surface area contributed by atoms with E-state index in [2.05, 4.69) is 11.7 Å². The highest BCUT2D eigenvalue weighted by atomic mass is 16.5. The molecule has 138 valence electrons. The second kappa shape index (κ2) is 8.72. The molecule has 24 heavy (non-hydrogen) atoms. The number of methoxy groups -OCH3 is 1. The Balaban J connectivity index is 1.12. The molecule has 6 atom stereocenters. The molecule has 0 amide bonds. The van der Waals surface area contributed by atoms with Gasteiger partial charge in [0, 0.05) is 6.42 Å². The van der Waals surface area contributed by atoms with E-state index in [1.165, 1.54) is 52.1 Å². The van der Waals surface area contributed by atoms with Gasteiger partial charge in [-0.15, -0.1) is 0 Å². The van der Waals surface area contributed by atoms with Crippen LogP contribution in [-0.2, 0) is 9.53 Å². The number of esters is 1. The lowest BCUT2D eigenvalue weighted by Gasteiger charge is -2.03. The minimum absolute atomic E-state index is 0.0545. The van der Waals surface area contributed by atoms with Gasteiger partial charge in [-0.2, -0.15) is 0 Å². The molecule has 0 bridgehead atoms. The highest BCUT2D eigenvalue weighted by molar-refractivity contribution is 5.68. The lowest BCUT2D eigenvalue weighted by Crippen LogP contribution is -1.99. The van der Waals surface area contributed by atoms with E-state index >= 15 is 0 Å². The number of ether oxygens (including phenoxy) is 1. The van der Waals surface area contributed by atoms with Crippen LogP contribution in [0.4, 0.5) is 0 Å². The van der Waals surface area contributed by atoms with Crippen molar-refractivity contribution in [2.75, 3.05) is 7.11 Å². The van der Waals surface area contributed by atoms with Crippen LogP contribution in [0, 0.1) is 35.5 Å². The molecular weight excluding hydrogens is 296 g/mol. The van der Waals surface area contributed by atoms with Gasteiger partial charge in [-0.1, -0.05) is 45.4 Å². The first-order chi connectivity index (χ1) is 11.7. The van der Waals surface area contributed by atoms with Crippen molar-refractivity contribution in [2.45, 2.75) is 90.4 Å². The average Bonchev–Trinajstić information content (AvgIpc) is 3.48. The Bertz CT molecular complexity index is 405. The second-order valence-electron chi connectivity index (χ2n) is 9.03. The molecule has 0 aliphatic heterocycles. The highest BCUT2D eigenvalue weighted by Crippen LogP contribution is 2.58. The van der Waals surface area contributed by atoms with E-state index in [0.717, 1.165) is 41.9 Å². The first-order valence-corrected chi connectivity index (χ1v) is 10.8. The molecular formula is C22H38O2. The van der Waals surface area contributed by atoms with Gasteiger partial charge in [0.05, 0.1) is 7.11 Å². The third kappa shape index (κ3) is 5.77. The van der Waals surface area contributed by atoms with Crippen LogP contribution in [0.15, 0.2) is 0 Å². The molecule has 0 N–H and O–H groups in total. The van der Waals surface area contributed by atoms with Crippen LogP contribution in [-0.4, -0.2) is 13.1 Å². The third-order valence-corrected chi connectivity index (χ3v) is 7.13. The Kier molecular flexibility index (Phi) is 6.63. The fourth-order valence-corrected chi connectivity index (χ4v) is 5.03. The highest BCUT2D eigenvalue weighted by Gasteiger charge is 2.48. The van der Waals surface area contributed by atoms with Crippen molar-refractivity contribution in [3.8, 4) is 0 Å². The first-order valence-electron chi connectivity index (χ1n) is 10.8. The molecule has 3 rings (SSSR count). The third-order valence-electron chi connectivity index (χ3n) is 7.13. The SMILES string of the molecule is CC[C@@H]1C[C@H]1C[C@@H]1C[C@H]1C[C@@H]1C[C@H]1CCCCCCCC(=O)OC. The predicted octanol–water partition coefficient (Wildman–Crippen LogP) is 5.99. The van der Waals surface area contributed by atoms with Crippen molar-refractivity contribution in [3.05, 3.63) is 0 Å². The van der Waals surface area contributed by atoms with E-state index in [1.54, 1.807) is 25.7 Å². The summed E-state index contributed by atoms with van der Waals surface area (Å²) in [6.07, 6.45) is 17.5. The quantitative estimate of drug-likeness (QED) is 0.305. The lowest BCUT2D eigenvalue weighted by atomic mass is 10.0. The molecule has 2 nitrogen and oxygen atoms in total. The molecule has 3 saturated carbocycles. The predicted molar refractivity (Wildman–Crippen MR) is 98.7 cm³/mol. The Morgan fingerprint density at radius 1 is 0.792 bits per heavy atom. The summed E-state index contributed by atoms with van der Waals surface area (Å²) in [6.45, 7) is 2.36. The number of carbonyl (C=O) groups excluding carboxylic acids is 1. The van der Waals surface area contributed by atoms with Gasteiger partial charge >= 0.3 is 5.97 Å². The van der Waals surface area contributed by atoms with Gasteiger partial charge in [0.15, 0.2) is 0 Å². The summed E-state index contributed by atoms with van der Waals surface area (Å²) in [5, 5.41) is 0. The molecule has 0 aromatic carbocycles. The van der Waals surface area contributed by atoms with Crippen LogP contribution < -0.4 is 0 Å². The number of rotatable bonds is 13. The van der Waals surface area contributed by atoms with Crippen LogP contribution in [0.25, 0.3) is 0 Å². The molecule has 2 heteroatoms. The van der Waals surface area contributed by atoms with Gasteiger partial charge in [-0.25, -0.2) is 0 Å². The van der Waals surface area contributed by atoms with Crippen LogP contribution in [0.3, 0.4) is 0 Å². The number of carbonyl (C=O) groups is 1. The van der Waals surface area contributed by atoms with Crippen molar-refractivity contribution in [1.29, 1.82) is 0 Å². The molecule has 0 spiro atoms. The monoisotopic (exact) mass is 334 g/mol. The maximum Gasteiger partial charge on any atom is 0.305 e. The maximum atomic E-state index is 11.0. The Labute approximate surface area is 149 Å². The molecule has 3 aliphatic carbocycles. The molecule has 0 radical (unpaired) electrons. The Morgan fingerprint density at radius 3 is 2.00 bits per heavy atom. The summed E-state index contributed by atoms with van der Waals surface area (Å²) in [6, 6.07) is 0. The van der Waals surface area contributed by atoms with Gasteiger partial charge in [0.2, 0.25) is 0 Å². The van der Waals surface area contributed by atoms with Crippen LogP contribution in [0.2, 0.25) is 0 Å². The van der Waals surface area contributed by atoms with Crippen molar-refractivity contribution in [2.24, 2.45) is 35.5 Å². The summed E-state index contributed by atoms with van der Waals surface area (Å²) >= 11 is 0. The first kappa shape index (κ1) is 18.3. The van der Waals surface area contributed by atoms with Crippen molar-refractivity contribution in [3.63, 3.8) is 0 Å². The fourth-order valence-electron chi connectivity index (χ4n) is 5.03. The minimum Gasteiger partial charge on any atom is -0.469 e. The standard InChI is InChI=1S/C22H38O2/c1-3-16-11-18(16)13-20-15-21(20)14-19-12-17(19)9-7-5-4-6-8-10-22(23)24-2/h16-21H,3-15H2,1-2H3/t16-,17-,18+,19+,20-,21-/m1/s1. The summed E-state index contributed by atoms with van der Waals surface area (Å²) in [7, 11) is 1.48. The van der Waals surface area contributed by atoms with E-state index in [-0.39, 0.29) is 5.97 Å².